The Hall–Kier alpha value is -1.13. The Bertz CT molecular complexity index is 207. The summed E-state index contributed by atoms with van der Waals surface area (Å²) in [7, 11) is 0. The van der Waals surface area contributed by atoms with Gasteiger partial charge in [-0.15, -0.1) is 0 Å². The molecule has 1 heterocycles. The number of hydrogen-bond acceptors (Lipinski definition) is 2. The fraction of sp³-hybridized carbons (Fsp3) is 0.714. The van der Waals surface area contributed by atoms with Gasteiger partial charge < -0.3 is 10.0 Å². The number of carbonyl (C=O) groups excluding carboxylic acids is 1. The zero-order chi connectivity index (χ0) is 9.14. The average Bonchev–Trinajstić information content (AvgIpc) is 2.50. The molecule has 0 aromatic rings. The van der Waals surface area contributed by atoms with Gasteiger partial charge in [-0.1, -0.05) is 0 Å². The molecule has 0 bridgehead atoms. The topological polar surface area (TPSA) is 57.6 Å². The summed E-state index contributed by atoms with van der Waals surface area (Å²) in [5.74, 6) is -1.77. The van der Waals surface area contributed by atoms with Crippen molar-refractivity contribution in [1.29, 1.82) is 0 Å². The number of halogens is 1. The van der Waals surface area contributed by atoms with E-state index in [0.717, 1.165) is 4.90 Å². The van der Waals surface area contributed by atoms with Crippen LogP contribution in [0.5, 0.6) is 0 Å². The molecular formula is C7H10FNO3. The third-order valence-electron chi connectivity index (χ3n) is 1.97. The SMILES string of the molecule is O=C(O)[C@@H]1CCCN1C(=O)CF. The van der Waals surface area contributed by atoms with Gasteiger partial charge in [0.1, 0.15) is 6.04 Å². The van der Waals surface area contributed by atoms with Gasteiger partial charge in [0.25, 0.3) is 5.91 Å². The van der Waals surface area contributed by atoms with Crippen molar-refractivity contribution in [3.05, 3.63) is 0 Å². The molecule has 5 heteroatoms. The van der Waals surface area contributed by atoms with Crippen LogP contribution in [-0.2, 0) is 9.59 Å². The van der Waals surface area contributed by atoms with E-state index in [-0.39, 0.29) is 0 Å². The molecule has 0 aliphatic carbocycles. The molecule has 1 fully saturated rings. The highest BCUT2D eigenvalue weighted by Gasteiger charge is 2.33. The van der Waals surface area contributed by atoms with Crippen LogP contribution in [0.25, 0.3) is 0 Å². The van der Waals surface area contributed by atoms with E-state index in [0.29, 0.717) is 19.4 Å². The van der Waals surface area contributed by atoms with Gasteiger partial charge in [0.05, 0.1) is 0 Å². The molecule has 1 N–H and O–H groups in total. The predicted molar refractivity (Wildman–Crippen MR) is 38.3 cm³/mol. The van der Waals surface area contributed by atoms with E-state index in [1.807, 2.05) is 0 Å². The first-order valence-corrected chi connectivity index (χ1v) is 3.75. The van der Waals surface area contributed by atoms with Gasteiger partial charge in [0.15, 0.2) is 6.67 Å². The summed E-state index contributed by atoms with van der Waals surface area (Å²) in [5, 5.41) is 8.61. The highest BCUT2D eigenvalue weighted by atomic mass is 19.1. The number of alkyl halides is 1. The van der Waals surface area contributed by atoms with E-state index < -0.39 is 24.6 Å². The zero-order valence-corrected chi connectivity index (χ0v) is 6.49. The number of carboxylic acids is 1. The van der Waals surface area contributed by atoms with Crippen molar-refractivity contribution in [3.63, 3.8) is 0 Å². The fourth-order valence-electron chi connectivity index (χ4n) is 1.40. The van der Waals surface area contributed by atoms with E-state index in [2.05, 4.69) is 0 Å². The summed E-state index contributed by atoms with van der Waals surface area (Å²) in [6.45, 7) is -0.747. The Kier molecular flexibility index (Phi) is 2.62. The number of amides is 1. The van der Waals surface area contributed by atoms with Gasteiger partial charge >= 0.3 is 5.97 Å². The van der Waals surface area contributed by atoms with Crippen molar-refractivity contribution in [3.8, 4) is 0 Å². The van der Waals surface area contributed by atoms with E-state index in [9.17, 15) is 14.0 Å². The van der Waals surface area contributed by atoms with Crippen molar-refractivity contribution in [2.45, 2.75) is 18.9 Å². The predicted octanol–water partition coefficient (Wildman–Crippen LogP) is 0.0315. The summed E-state index contributed by atoms with van der Waals surface area (Å²) in [6, 6.07) is -0.812. The molecule has 4 nitrogen and oxygen atoms in total. The van der Waals surface area contributed by atoms with Crippen LogP contribution < -0.4 is 0 Å². The highest BCUT2D eigenvalue weighted by Crippen LogP contribution is 2.17. The lowest BCUT2D eigenvalue weighted by Gasteiger charge is -2.19. The van der Waals surface area contributed by atoms with Crippen LogP contribution in [0.3, 0.4) is 0 Å². The molecule has 1 aliphatic heterocycles. The van der Waals surface area contributed by atoms with Gasteiger partial charge in [0, 0.05) is 6.54 Å². The third-order valence-corrected chi connectivity index (χ3v) is 1.97. The molecule has 1 atom stereocenters. The van der Waals surface area contributed by atoms with Crippen LogP contribution in [0, 0.1) is 0 Å². The van der Waals surface area contributed by atoms with Crippen molar-refractivity contribution < 1.29 is 19.1 Å². The first-order valence-electron chi connectivity index (χ1n) is 3.75. The van der Waals surface area contributed by atoms with E-state index in [4.69, 9.17) is 5.11 Å². The average molecular weight is 175 g/mol. The van der Waals surface area contributed by atoms with E-state index >= 15 is 0 Å². The Morgan fingerprint density at radius 2 is 2.25 bits per heavy atom. The minimum absolute atomic E-state index is 0.361. The lowest BCUT2D eigenvalue weighted by atomic mass is 10.2. The number of likely N-dealkylation sites (tertiary alicyclic amines) is 1. The van der Waals surface area contributed by atoms with Crippen LogP contribution in [0.4, 0.5) is 4.39 Å². The van der Waals surface area contributed by atoms with Crippen molar-refractivity contribution in [2.24, 2.45) is 0 Å². The summed E-state index contributed by atoms with van der Waals surface area (Å²) in [5.41, 5.74) is 0. The zero-order valence-electron chi connectivity index (χ0n) is 6.49. The van der Waals surface area contributed by atoms with Crippen molar-refractivity contribution in [1.82, 2.24) is 4.90 Å². The summed E-state index contributed by atoms with van der Waals surface area (Å²) < 4.78 is 11.9. The number of carbonyl (C=O) groups is 2. The standard InChI is InChI=1S/C7H10FNO3/c8-4-6(10)9-3-1-2-5(9)7(11)12/h5H,1-4H2,(H,11,12)/t5-/m0/s1. The van der Waals surface area contributed by atoms with Gasteiger partial charge in [-0.25, -0.2) is 9.18 Å². The summed E-state index contributed by atoms with van der Waals surface area (Å²) >= 11 is 0. The molecule has 0 aromatic heterocycles. The number of carboxylic acid groups (broad SMARTS) is 1. The fourth-order valence-corrected chi connectivity index (χ4v) is 1.40. The molecule has 0 radical (unpaired) electrons. The lowest BCUT2D eigenvalue weighted by Crippen LogP contribution is -2.41. The molecule has 1 rings (SSSR count). The Labute approximate surface area is 69.0 Å². The largest absolute Gasteiger partial charge is 0.480 e. The molecule has 1 aliphatic rings. The highest BCUT2D eigenvalue weighted by molar-refractivity contribution is 5.84. The molecule has 68 valence electrons. The van der Waals surface area contributed by atoms with Gasteiger partial charge in [-0.05, 0) is 12.8 Å². The number of aliphatic carboxylic acids is 1. The second-order valence-electron chi connectivity index (χ2n) is 2.72. The molecule has 0 spiro atoms. The maximum absolute atomic E-state index is 11.9. The van der Waals surface area contributed by atoms with Crippen LogP contribution in [0.15, 0.2) is 0 Å². The van der Waals surface area contributed by atoms with Crippen LogP contribution in [0.2, 0.25) is 0 Å². The van der Waals surface area contributed by atoms with Crippen LogP contribution in [-0.4, -0.2) is 41.1 Å². The molecule has 0 aromatic carbocycles. The molecule has 1 amide bonds. The third kappa shape index (κ3) is 1.54. The van der Waals surface area contributed by atoms with Crippen molar-refractivity contribution >= 4 is 11.9 Å². The minimum Gasteiger partial charge on any atom is -0.480 e. The maximum Gasteiger partial charge on any atom is 0.326 e. The number of nitrogens with zero attached hydrogens (tertiary/aromatic N) is 1. The molecule has 0 saturated carbocycles. The molecule has 12 heavy (non-hydrogen) atoms. The Morgan fingerprint density at radius 1 is 1.58 bits per heavy atom. The van der Waals surface area contributed by atoms with Gasteiger partial charge in [-0.3, -0.25) is 4.79 Å². The summed E-state index contributed by atoms with van der Waals surface area (Å²) in [6.07, 6.45) is 1.07. The van der Waals surface area contributed by atoms with Gasteiger partial charge in [-0.2, -0.15) is 0 Å². The quantitative estimate of drug-likeness (QED) is 0.644. The number of rotatable bonds is 2. The minimum atomic E-state index is -1.11. The molecule has 1 saturated heterocycles. The van der Waals surface area contributed by atoms with Crippen molar-refractivity contribution in [2.75, 3.05) is 13.2 Å². The molecule has 0 unspecified atom stereocenters. The van der Waals surface area contributed by atoms with Crippen LogP contribution >= 0.6 is 0 Å². The van der Waals surface area contributed by atoms with E-state index in [1.165, 1.54) is 0 Å². The monoisotopic (exact) mass is 175 g/mol. The Balaban J connectivity index is 2.63. The first-order chi connectivity index (χ1) is 5.66. The Morgan fingerprint density at radius 3 is 2.75 bits per heavy atom. The normalized spacial score (nSPS) is 22.8. The smallest absolute Gasteiger partial charge is 0.326 e. The first kappa shape index (κ1) is 8.96. The number of hydrogen-bond donors (Lipinski definition) is 1. The maximum atomic E-state index is 11.9. The van der Waals surface area contributed by atoms with Crippen LogP contribution in [0.1, 0.15) is 12.8 Å². The van der Waals surface area contributed by atoms with Gasteiger partial charge in [0.2, 0.25) is 0 Å². The molecular weight excluding hydrogens is 165 g/mol. The second kappa shape index (κ2) is 3.51. The second-order valence-corrected chi connectivity index (χ2v) is 2.72. The van der Waals surface area contributed by atoms with E-state index in [1.54, 1.807) is 0 Å². The lowest BCUT2D eigenvalue weighted by molar-refractivity contribution is -0.148. The summed E-state index contributed by atoms with van der Waals surface area (Å²) in [4.78, 5) is 22.4.